The van der Waals surface area contributed by atoms with Crippen LogP contribution in [0.2, 0.25) is 0 Å². The summed E-state index contributed by atoms with van der Waals surface area (Å²) in [6, 6.07) is 3.34. The van der Waals surface area contributed by atoms with Crippen LogP contribution < -0.4 is 16.2 Å². The standard InChI is InChI=1S/C12H16BrN3O2.ClH/c13-9-1-2-12(18)16(7-9)8-11(17)15-10-3-5-14-6-4-10;/h1-2,7,10,14H,3-6,8H2,(H,15,17);1H. The molecular weight excluding hydrogens is 334 g/mol. The molecule has 0 saturated carbocycles. The molecule has 0 bridgehead atoms. The Morgan fingerprint density at radius 3 is 2.79 bits per heavy atom. The van der Waals surface area contributed by atoms with Crippen molar-refractivity contribution in [1.29, 1.82) is 0 Å². The van der Waals surface area contributed by atoms with Crippen molar-refractivity contribution in [2.24, 2.45) is 0 Å². The molecule has 19 heavy (non-hydrogen) atoms. The van der Waals surface area contributed by atoms with Gasteiger partial charge in [0.25, 0.3) is 5.56 Å². The van der Waals surface area contributed by atoms with Crippen LogP contribution in [0, 0.1) is 0 Å². The monoisotopic (exact) mass is 349 g/mol. The second-order valence-corrected chi connectivity index (χ2v) is 5.32. The van der Waals surface area contributed by atoms with Gasteiger partial charge in [0.05, 0.1) is 0 Å². The second kappa shape index (κ2) is 7.67. The van der Waals surface area contributed by atoms with E-state index < -0.39 is 0 Å². The molecule has 0 atom stereocenters. The van der Waals surface area contributed by atoms with Crippen molar-refractivity contribution < 1.29 is 4.79 Å². The highest BCUT2D eigenvalue weighted by molar-refractivity contribution is 9.10. The first-order valence-electron chi connectivity index (χ1n) is 6.01. The van der Waals surface area contributed by atoms with Crippen LogP contribution in [0.25, 0.3) is 0 Å². The van der Waals surface area contributed by atoms with E-state index in [1.54, 1.807) is 12.3 Å². The molecule has 5 nitrogen and oxygen atoms in total. The van der Waals surface area contributed by atoms with Crippen LogP contribution >= 0.6 is 28.3 Å². The van der Waals surface area contributed by atoms with Gasteiger partial charge >= 0.3 is 0 Å². The summed E-state index contributed by atoms with van der Waals surface area (Å²) in [4.78, 5) is 23.4. The van der Waals surface area contributed by atoms with Crippen molar-refractivity contribution in [3.05, 3.63) is 33.2 Å². The number of pyridine rings is 1. The molecule has 2 N–H and O–H groups in total. The molecule has 0 aliphatic carbocycles. The summed E-state index contributed by atoms with van der Waals surface area (Å²) in [5.41, 5.74) is -0.168. The summed E-state index contributed by atoms with van der Waals surface area (Å²) in [6.07, 6.45) is 3.52. The highest BCUT2D eigenvalue weighted by atomic mass is 79.9. The fraction of sp³-hybridized carbons (Fsp3) is 0.500. The molecule has 2 rings (SSSR count). The number of piperidine rings is 1. The van der Waals surface area contributed by atoms with E-state index in [9.17, 15) is 9.59 Å². The summed E-state index contributed by atoms with van der Waals surface area (Å²) >= 11 is 3.29. The third kappa shape index (κ3) is 4.97. The zero-order valence-electron chi connectivity index (χ0n) is 10.4. The van der Waals surface area contributed by atoms with Gasteiger partial charge in [-0.05, 0) is 47.9 Å². The van der Waals surface area contributed by atoms with Gasteiger partial charge in [-0.1, -0.05) is 0 Å². The molecule has 2 heterocycles. The molecule has 0 spiro atoms. The van der Waals surface area contributed by atoms with Gasteiger partial charge in [-0.25, -0.2) is 0 Å². The number of hydrogen-bond donors (Lipinski definition) is 2. The normalized spacial score (nSPS) is 15.6. The molecule has 1 aromatic rings. The van der Waals surface area contributed by atoms with E-state index in [0.717, 1.165) is 30.4 Å². The van der Waals surface area contributed by atoms with Crippen LogP contribution in [-0.2, 0) is 11.3 Å². The van der Waals surface area contributed by atoms with Crippen molar-refractivity contribution in [3.8, 4) is 0 Å². The fourth-order valence-electron chi connectivity index (χ4n) is 2.02. The molecule has 1 aromatic heterocycles. The largest absolute Gasteiger partial charge is 0.352 e. The number of rotatable bonds is 3. The zero-order chi connectivity index (χ0) is 13.0. The number of nitrogens with zero attached hydrogens (tertiary/aromatic N) is 1. The SMILES string of the molecule is Cl.O=C(Cn1cc(Br)ccc1=O)NC1CCNCC1. The van der Waals surface area contributed by atoms with E-state index in [2.05, 4.69) is 26.6 Å². The average molecular weight is 351 g/mol. The minimum absolute atomic E-state index is 0. The maximum atomic E-state index is 11.8. The number of carbonyl (C=O) groups excluding carboxylic acids is 1. The third-order valence-electron chi connectivity index (χ3n) is 2.97. The van der Waals surface area contributed by atoms with Gasteiger partial charge in [0.1, 0.15) is 6.54 Å². The Balaban J connectivity index is 0.00000180. The molecule has 7 heteroatoms. The van der Waals surface area contributed by atoms with Crippen LogP contribution in [0.15, 0.2) is 27.6 Å². The van der Waals surface area contributed by atoms with E-state index in [0.29, 0.717) is 0 Å². The van der Waals surface area contributed by atoms with E-state index >= 15 is 0 Å². The van der Waals surface area contributed by atoms with E-state index in [-0.39, 0.29) is 36.5 Å². The van der Waals surface area contributed by atoms with E-state index in [1.807, 2.05) is 0 Å². The Bertz CT molecular complexity index is 486. The summed E-state index contributed by atoms with van der Waals surface area (Å²) in [5.74, 6) is -0.109. The maximum absolute atomic E-state index is 11.8. The van der Waals surface area contributed by atoms with Crippen LogP contribution in [0.5, 0.6) is 0 Å². The number of hydrogen-bond acceptors (Lipinski definition) is 3. The Hall–Kier alpha value is -0.850. The van der Waals surface area contributed by atoms with Gasteiger partial charge in [-0.2, -0.15) is 0 Å². The Labute approximate surface area is 126 Å². The van der Waals surface area contributed by atoms with Gasteiger partial charge in [0, 0.05) is 22.8 Å². The molecular formula is C12H17BrClN3O2. The van der Waals surface area contributed by atoms with Crippen molar-refractivity contribution >= 4 is 34.2 Å². The number of carbonyl (C=O) groups is 1. The highest BCUT2D eigenvalue weighted by Crippen LogP contribution is 2.05. The van der Waals surface area contributed by atoms with Crippen LogP contribution in [0.4, 0.5) is 0 Å². The summed E-state index contributed by atoms with van der Waals surface area (Å²) in [6.45, 7) is 1.94. The maximum Gasteiger partial charge on any atom is 0.251 e. The predicted molar refractivity (Wildman–Crippen MR) is 79.7 cm³/mol. The first-order valence-corrected chi connectivity index (χ1v) is 6.80. The minimum Gasteiger partial charge on any atom is -0.352 e. The van der Waals surface area contributed by atoms with Crippen molar-refractivity contribution in [1.82, 2.24) is 15.2 Å². The zero-order valence-corrected chi connectivity index (χ0v) is 12.8. The first-order chi connectivity index (χ1) is 8.65. The topological polar surface area (TPSA) is 63.1 Å². The average Bonchev–Trinajstić information content (AvgIpc) is 2.35. The van der Waals surface area contributed by atoms with Gasteiger partial charge in [-0.15, -0.1) is 12.4 Å². The predicted octanol–water partition coefficient (Wildman–Crippen LogP) is 0.901. The van der Waals surface area contributed by atoms with E-state index in [4.69, 9.17) is 0 Å². The summed E-state index contributed by atoms with van der Waals surface area (Å²) in [5, 5.41) is 6.20. The van der Waals surface area contributed by atoms with E-state index in [1.165, 1.54) is 10.6 Å². The fourth-order valence-corrected chi connectivity index (χ4v) is 2.40. The third-order valence-corrected chi connectivity index (χ3v) is 3.43. The lowest BCUT2D eigenvalue weighted by Gasteiger charge is -2.23. The quantitative estimate of drug-likeness (QED) is 0.851. The summed E-state index contributed by atoms with van der Waals surface area (Å²) < 4.78 is 2.19. The Morgan fingerprint density at radius 1 is 1.42 bits per heavy atom. The lowest BCUT2D eigenvalue weighted by molar-refractivity contribution is -0.122. The van der Waals surface area contributed by atoms with Gasteiger partial charge in [0.15, 0.2) is 0 Å². The second-order valence-electron chi connectivity index (χ2n) is 4.41. The Kier molecular flexibility index (Phi) is 6.54. The van der Waals surface area contributed by atoms with Gasteiger partial charge < -0.3 is 15.2 Å². The number of nitrogens with one attached hydrogen (secondary N) is 2. The van der Waals surface area contributed by atoms with Crippen LogP contribution in [-0.4, -0.2) is 29.6 Å². The van der Waals surface area contributed by atoms with Crippen LogP contribution in [0.1, 0.15) is 12.8 Å². The van der Waals surface area contributed by atoms with Crippen molar-refractivity contribution in [3.63, 3.8) is 0 Å². The molecule has 0 unspecified atom stereocenters. The minimum atomic E-state index is -0.168. The first kappa shape index (κ1) is 16.2. The van der Waals surface area contributed by atoms with Gasteiger partial charge in [-0.3, -0.25) is 9.59 Å². The number of aromatic nitrogens is 1. The molecule has 1 aliphatic rings. The number of halogens is 2. The lowest BCUT2D eigenvalue weighted by atomic mass is 10.1. The van der Waals surface area contributed by atoms with Crippen LogP contribution in [0.3, 0.4) is 0 Å². The molecule has 1 aliphatic heterocycles. The number of amides is 1. The Morgan fingerprint density at radius 2 is 2.11 bits per heavy atom. The highest BCUT2D eigenvalue weighted by Gasteiger charge is 2.15. The molecule has 106 valence electrons. The molecule has 1 amide bonds. The van der Waals surface area contributed by atoms with Crippen molar-refractivity contribution in [2.75, 3.05) is 13.1 Å². The summed E-state index contributed by atoms with van der Waals surface area (Å²) in [7, 11) is 0. The van der Waals surface area contributed by atoms with Crippen molar-refractivity contribution in [2.45, 2.75) is 25.4 Å². The molecule has 1 saturated heterocycles. The molecule has 1 fully saturated rings. The van der Waals surface area contributed by atoms with Gasteiger partial charge in [0.2, 0.25) is 5.91 Å². The molecule has 0 aromatic carbocycles. The smallest absolute Gasteiger partial charge is 0.251 e. The molecule has 0 radical (unpaired) electrons. The lowest BCUT2D eigenvalue weighted by Crippen LogP contribution is -2.44.